The van der Waals surface area contributed by atoms with Crippen LogP contribution in [0, 0.1) is 46.3 Å². The van der Waals surface area contributed by atoms with Crippen LogP contribution in [0.5, 0.6) is 0 Å². The van der Waals surface area contributed by atoms with Crippen molar-refractivity contribution in [2.45, 2.75) is 75.9 Å². The zero-order valence-corrected chi connectivity index (χ0v) is 21.1. The van der Waals surface area contributed by atoms with Crippen LogP contribution in [-0.4, -0.2) is 47.2 Å². The van der Waals surface area contributed by atoms with E-state index in [0.29, 0.717) is 31.2 Å². The van der Waals surface area contributed by atoms with Crippen molar-refractivity contribution >= 4 is 5.91 Å². The Kier molecular flexibility index (Phi) is 8.49. The highest BCUT2D eigenvalue weighted by Crippen LogP contribution is 2.43. The maximum Gasteiger partial charge on any atom is 0.246 e. The van der Waals surface area contributed by atoms with Gasteiger partial charge in [-0.25, -0.2) is 10.2 Å². The van der Waals surface area contributed by atoms with Gasteiger partial charge in [0.05, 0.1) is 18.6 Å². The van der Waals surface area contributed by atoms with E-state index in [-0.39, 0.29) is 30.4 Å². The van der Waals surface area contributed by atoms with Crippen LogP contribution in [-0.2, 0) is 4.79 Å². The van der Waals surface area contributed by atoms with Gasteiger partial charge in [0, 0.05) is 37.3 Å². The standard InChI is InChI=1S/C28H39FN6O/c29-26-19-34(17-20-6-8-22(9-7-20)21-4-2-1-3-5-21)13-11-28(26,10-12-30)35(33)18-25(27(32)36)15-23-14-24(23)16-31/h2,4-5,18,20,22-24,26H,1,3,6-11,13-15,17,19,33H2,(H2,32,36)/b25-18+. The summed E-state index contributed by atoms with van der Waals surface area (Å²) in [5, 5.41) is 19.8. The maximum atomic E-state index is 15.8. The van der Waals surface area contributed by atoms with E-state index in [4.69, 9.17) is 16.8 Å². The Hall–Kier alpha value is -2.68. The number of hydrogen-bond acceptors (Lipinski definition) is 6. The number of hydrazine groups is 1. The van der Waals surface area contributed by atoms with Crippen molar-refractivity contribution in [2.24, 2.45) is 35.2 Å². The van der Waals surface area contributed by atoms with E-state index in [2.05, 4.69) is 35.3 Å². The molecule has 0 aromatic carbocycles. The fraction of sp³-hybridized carbons (Fsp3) is 0.679. The number of amides is 1. The van der Waals surface area contributed by atoms with Gasteiger partial charge in [-0.3, -0.25) is 9.69 Å². The van der Waals surface area contributed by atoms with Gasteiger partial charge in [-0.2, -0.15) is 10.5 Å². The number of primary amides is 1. The monoisotopic (exact) mass is 494 g/mol. The topological polar surface area (TPSA) is 123 Å². The predicted octanol–water partition coefficient (Wildman–Crippen LogP) is 3.86. The van der Waals surface area contributed by atoms with Crippen LogP contribution in [0.1, 0.15) is 64.2 Å². The molecule has 4 rings (SSSR count). The first-order valence-corrected chi connectivity index (χ1v) is 13.4. The number of rotatable bonds is 9. The van der Waals surface area contributed by atoms with E-state index in [1.807, 2.05) is 0 Å². The highest BCUT2D eigenvalue weighted by molar-refractivity contribution is 5.91. The van der Waals surface area contributed by atoms with Crippen molar-refractivity contribution < 1.29 is 9.18 Å². The molecule has 0 aromatic heterocycles. The minimum absolute atomic E-state index is 0.0704. The first kappa shape index (κ1) is 26.4. The number of nitrogens with zero attached hydrogens (tertiary/aromatic N) is 4. The Morgan fingerprint density at radius 2 is 2.06 bits per heavy atom. The molecule has 0 bridgehead atoms. The third-order valence-corrected chi connectivity index (χ3v) is 8.80. The number of nitrogens with two attached hydrogens (primary N) is 2. The fourth-order valence-electron chi connectivity index (χ4n) is 6.29. The van der Waals surface area contributed by atoms with Gasteiger partial charge in [0.2, 0.25) is 5.91 Å². The first-order chi connectivity index (χ1) is 17.4. The normalized spacial score (nSPS) is 34.8. The quantitative estimate of drug-likeness (QED) is 0.285. The summed E-state index contributed by atoms with van der Waals surface area (Å²) in [7, 11) is 0. The van der Waals surface area contributed by atoms with Crippen molar-refractivity contribution in [1.82, 2.24) is 9.91 Å². The van der Waals surface area contributed by atoms with Crippen LogP contribution >= 0.6 is 0 Å². The Labute approximate surface area is 214 Å². The van der Waals surface area contributed by atoms with Crippen LogP contribution in [0.2, 0.25) is 0 Å². The zero-order valence-electron chi connectivity index (χ0n) is 21.1. The van der Waals surface area contributed by atoms with Crippen LogP contribution < -0.4 is 11.6 Å². The lowest BCUT2D eigenvalue weighted by molar-refractivity contribution is -0.115. The number of nitriles is 2. The average Bonchev–Trinajstić information content (AvgIpc) is 3.64. The van der Waals surface area contributed by atoms with Crippen molar-refractivity contribution in [3.05, 3.63) is 35.6 Å². The molecule has 4 aliphatic rings. The minimum Gasteiger partial charge on any atom is -0.366 e. The third-order valence-electron chi connectivity index (χ3n) is 8.80. The second-order valence-electron chi connectivity index (χ2n) is 11.2. The van der Waals surface area contributed by atoms with Gasteiger partial charge in [0.15, 0.2) is 0 Å². The van der Waals surface area contributed by atoms with Crippen LogP contribution in [0.4, 0.5) is 4.39 Å². The zero-order chi connectivity index (χ0) is 25.7. The molecule has 4 atom stereocenters. The van der Waals surface area contributed by atoms with E-state index in [0.717, 1.165) is 38.6 Å². The largest absolute Gasteiger partial charge is 0.366 e. The molecule has 7 nitrogen and oxygen atoms in total. The van der Waals surface area contributed by atoms with Crippen LogP contribution in [0.15, 0.2) is 35.6 Å². The van der Waals surface area contributed by atoms with Gasteiger partial charge in [0.25, 0.3) is 0 Å². The molecular weight excluding hydrogens is 455 g/mol. The Morgan fingerprint density at radius 3 is 2.64 bits per heavy atom. The molecule has 3 aliphatic carbocycles. The van der Waals surface area contributed by atoms with Gasteiger partial charge in [-0.1, -0.05) is 18.2 Å². The van der Waals surface area contributed by atoms with E-state index < -0.39 is 17.6 Å². The van der Waals surface area contributed by atoms with Gasteiger partial charge >= 0.3 is 0 Å². The molecule has 0 aromatic rings. The van der Waals surface area contributed by atoms with Crippen LogP contribution in [0.3, 0.4) is 0 Å². The summed E-state index contributed by atoms with van der Waals surface area (Å²) >= 11 is 0. The molecule has 36 heavy (non-hydrogen) atoms. The second-order valence-corrected chi connectivity index (χ2v) is 11.2. The Balaban J connectivity index is 1.34. The van der Waals surface area contributed by atoms with E-state index >= 15 is 4.39 Å². The number of carbonyl (C=O) groups is 1. The number of carbonyl (C=O) groups excluding carboxylic acids is 1. The lowest BCUT2D eigenvalue weighted by atomic mass is 9.76. The summed E-state index contributed by atoms with van der Waals surface area (Å²) in [4.78, 5) is 14.2. The Morgan fingerprint density at radius 1 is 1.28 bits per heavy atom. The molecule has 1 heterocycles. The average molecular weight is 495 g/mol. The molecule has 0 spiro atoms. The number of likely N-dealkylation sites (tertiary alicyclic amines) is 1. The van der Waals surface area contributed by atoms with Crippen molar-refractivity contribution in [3.8, 4) is 12.1 Å². The van der Waals surface area contributed by atoms with E-state index in [9.17, 15) is 10.1 Å². The lowest BCUT2D eigenvalue weighted by Crippen LogP contribution is -2.63. The summed E-state index contributed by atoms with van der Waals surface area (Å²) in [6.45, 7) is 1.75. The van der Waals surface area contributed by atoms with Crippen molar-refractivity contribution in [3.63, 3.8) is 0 Å². The summed E-state index contributed by atoms with van der Waals surface area (Å²) < 4.78 is 15.8. The van der Waals surface area contributed by atoms with Gasteiger partial charge < -0.3 is 10.7 Å². The highest BCUT2D eigenvalue weighted by Gasteiger charge is 2.47. The second kappa shape index (κ2) is 11.6. The first-order valence-electron chi connectivity index (χ1n) is 13.4. The molecule has 8 heteroatoms. The molecule has 3 fully saturated rings. The molecule has 2 saturated carbocycles. The molecule has 1 saturated heterocycles. The number of piperidine rings is 1. The summed E-state index contributed by atoms with van der Waals surface area (Å²) in [5.74, 6) is 6.95. The van der Waals surface area contributed by atoms with E-state index in [1.54, 1.807) is 0 Å². The molecule has 1 amide bonds. The van der Waals surface area contributed by atoms with Crippen molar-refractivity contribution in [2.75, 3.05) is 19.6 Å². The molecule has 4 N–H and O–H groups in total. The third kappa shape index (κ3) is 5.99. The summed E-state index contributed by atoms with van der Waals surface area (Å²) in [6.07, 6.45) is 15.5. The summed E-state index contributed by atoms with van der Waals surface area (Å²) in [6, 6.07) is 4.32. The van der Waals surface area contributed by atoms with Crippen molar-refractivity contribution in [1.29, 1.82) is 10.5 Å². The molecule has 1 aliphatic heterocycles. The number of alkyl halides is 1. The molecule has 194 valence electrons. The van der Waals surface area contributed by atoms with Gasteiger partial charge in [0.1, 0.15) is 11.7 Å². The van der Waals surface area contributed by atoms with Crippen LogP contribution in [0.25, 0.3) is 0 Å². The summed E-state index contributed by atoms with van der Waals surface area (Å²) in [5.41, 5.74) is 6.16. The SMILES string of the molecule is N#CCC1(N(N)/C=C(\CC2CC2C#N)C(N)=O)CCN(CC2CCC(C3=CCCC=C3)CC2)CC1F. The number of allylic oxidation sites excluding steroid dienone is 4. The highest BCUT2D eigenvalue weighted by atomic mass is 19.1. The lowest BCUT2D eigenvalue weighted by Gasteiger charge is -2.48. The Bertz CT molecular complexity index is 985. The maximum absolute atomic E-state index is 15.8. The molecule has 0 radical (unpaired) electrons. The molecular formula is C28H39FN6O. The smallest absolute Gasteiger partial charge is 0.246 e. The number of hydrogen-bond donors (Lipinski definition) is 2. The van der Waals surface area contributed by atoms with E-state index in [1.165, 1.54) is 29.6 Å². The van der Waals surface area contributed by atoms with Gasteiger partial charge in [-0.15, -0.1) is 0 Å². The van der Waals surface area contributed by atoms with Gasteiger partial charge in [-0.05, 0) is 81.1 Å². The number of halogens is 1. The molecule has 4 unspecified atom stereocenters. The fourth-order valence-corrected chi connectivity index (χ4v) is 6.29. The minimum atomic E-state index is -1.33. The predicted molar refractivity (Wildman–Crippen MR) is 136 cm³/mol.